The van der Waals surface area contributed by atoms with E-state index < -0.39 is 11.2 Å². The molecule has 170 valence electrons. The molecule has 0 aliphatic carbocycles. The zero-order valence-electron chi connectivity index (χ0n) is 18.8. The zero-order valence-corrected chi connectivity index (χ0v) is 19.6. The van der Waals surface area contributed by atoms with Crippen molar-refractivity contribution in [2.24, 2.45) is 0 Å². The normalized spacial score (nSPS) is 16.7. The van der Waals surface area contributed by atoms with Gasteiger partial charge in [0, 0.05) is 5.69 Å². The number of benzene rings is 3. The molecular weight excluding hydrogens is 446 g/mol. The van der Waals surface area contributed by atoms with E-state index >= 15 is 0 Å². The van der Waals surface area contributed by atoms with E-state index in [4.69, 9.17) is 4.74 Å². The van der Waals surface area contributed by atoms with Gasteiger partial charge >= 0.3 is 0 Å². The predicted molar refractivity (Wildman–Crippen MR) is 134 cm³/mol. The average molecular weight is 470 g/mol. The van der Waals surface area contributed by atoms with E-state index in [9.17, 15) is 14.9 Å². The maximum Gasteiger partial charge on any atom is 0.269 e. The number of ether oxygens (including phenoxy) is 1. The molecule has 1 N–H and O–H groups in total. The second kappa shape index (κ2) is 10.3. The molecule has 34 heavy (non-hydrogen) atoms. The second-order valence-electron chi connectivity index (χ2n) is 7.73. The van der Waals surface area contributed by atoms with Gasteiger partial charge in [-0.25, -0.2) is 0 Å². The van der Waals surface area contributed by atoms with E-state index in [1.54, 1.807) is 31.4 Å². The largest absolute Gasteiger partial charge is 0.497 e. The summed E-state index contributed by atoms with van der Waals surface area (Å²) in [5.74, 6) is -0.0126. The summed E-state index contributed by atoms with van der Waals surface area (Å²) in [4.78, 5) is 28.2. The van der Waals surface area contributed by atoms with Crippen LogP contribution in [-0.4, -0.2) is 24.2 Å². The quantitative estimate of drug-likeness (QED) is 0.403. The van der Waals surface area contributed by atoms with Crippen molar-refractivity contribution in [2.45, 2.75) is 18.6 Å². The Morgan fingerprint density at radius 2 is 1.82 bits per heavy atom. The number of hydrogen-bond acceptors (Lipinski definition) is 5. The van der Waals surface area contributed by atoms with Crippen molar-refractivity contribution in [3.05, 3.63) is 101 Å². The Morgan fingerprint density at radius 3 is 2.53 bits per heavy atom. The highest BCUT2D eigenvalue weighted by molar-refractivity contribution is 8.05. The molecule has 3 aromatic rings. The van der Waals surface area contributed by atoms with Crippen molar-refractivity contribution in [3.8, 4) is 11.8 Å². The summed E-state index contributed by atoms with van der Waals surface area (Å²) in [5, 5.41) is 12.6. The molecule has 1 saturated heterocycles. The van der Waals surface area contributed by atoms with Gasteiger partial charge in [0.05, 0.1) is 18.0 Å². The van der Waals surface area contributed by atoms with E-state index in [1.807, 2.05) is 67.6 Å². The lowest BCUT2D eigenvalue weighted by molar-refractivity contribution is -0.117. The Balaban J connectivity index is 1.74. The molecule has 1 fully saturated rings. The number of amides is 2. The fourth-order valence-electron chi connectivity index (χ4n) is 3.75. The van der Waals surface area contributed by atoms with Crippen molar-refractivity contribution in [1.29, 1.82) is 5.26 Å². The van der Waals surface area contributed by atoms with Gasteiger partial charge in [0.1, 0.15) is 22.4 Å². The summed E-state index contributed by atoms with van der Waals surface area (Å²) < 4.78 is 5.31. The molecule has 1 unspecified atom stereocenters. The van der Waals surface area contributed by atoms with Crippen LogP contribution >= 0.6 is 11.8 Å². The van der Waals surface area contributed by atoms with Crippen LogP contribution in [0.2, 0.25) is 0 Å². The molecule has 1 aliphatic rings. The Hall–Kier alpha value is -4.02. The van der Waals surface area contributed by atoms with Gasteiger partial charge in [-0.05, 0) is 54.8 Å². The number of nitriles is 1. The molecule has 0 bridgehead atoms. The molecule has 0 aromatic heterocycles. The van der Waals surface area contributed by atoms with Crippen LogP contribution in [0, 0.1) is 18.3 Å². The Labute approximate surface area is 202 Å². The Kier molecular flexibility index (Phi) is 7.00. The third kappa shape index (κ3) is 4.82. The van der Waals surface area contributed by atoms with E-state index in [1.165, 1.54) is 16.7 Å². The number of nitrogens with one attached hydrogen (secondary N) is 1. The number of aryl methyl sites for hydroxylation is 1. The van der Waals surface area contributed by atoms with E-state index in [0.717, 1.165) is 11.1 Å². The topological polar surface area (TPSA) is 82.4 Å². The first-order valence-electron chi connectivity index (χ1n) is 10.7. The molecule has 0 spiro atoms. The summed E-state index contributed by atoms with van der Waals surface area (Å²) in [6.45, 7) is 1.90. The number of carbonyl (C=O) groups is 2. The van der Waals surface area contributed by atoms with Crippen LogP contribution < -0.4 is 15.0 Å². The molecular formula is C27H23N3O3S. The molecule has 1 atom stereocenters. The Bertz CT molecular complexity index is 1300. The maximum atomic E-state index is 13.6. The van der Waals surface area contributed by atoms with Gasteiger partial charge in [-0.1, -0.05) is 60.3 Å². The van der Waals surface area contributed by atoms with E-state index in [0.29, 0.717) is 28.6 Å². The zero-order chi connectivity index (χ0) is 24.1. The van der Waals surface area contributed by atoms with Crippen LogP contribution in [-0.2, 0) is 16.0 Å². The number of methoxy groups -OCH3 is 1. The summed E-state index contributed by atoms with van der Waals surface area (Å²) >= 11 is 1.24. The third-order valence-electron chi connectivity index (χ3n) is 5.45. The monoisotopic (exact) mass is 469 g/mol. The number of carbonyl (C=O) groups excluding carboxylic acids is 2. The highest BCUT2D eigenvalue weighted by Crippen LogP contribution is 2.43. The average Bonchev–Trinajstić information content (AvgIpc) is 3.16. The lowest BCUT2D eigenvalue weighted by Crippen LogP contribution is -2.31. The van der Waals surface area contributed by atoms with Crippen molar-refractivity contribution < 1.29 is 14.3 Å². The minimum Gasteiger partial charge on any atom is -0.497 e. The van der Waals surface area contributed by atoms with Crippen molar-refractivity contribution in [3.63, 3.8) is 0 Å². The van der Waals surface area contributed by atoms with Crippen LogP contribution in [0.25, 0.3) is 0 Å². The number of para-hydroxylation sites is 2. The van der Waals surface area contributed by atoms with Gasteiger partial charge in [-0.15, -0.1) is 0 Å². The van der Waals surface area contributed by atoms with E-state index in [2.05, 4.69) is 5.32 Å². The minimum atomic E-state index is -0.551. The smallest absolute Gasteiger partial charge is 0.269 e. The summed E-state index contributed by atoms with van der Waals surface area (Å²) in [6, 6.07) is 26.0. The molecule has 7 heteroatoms. The van der Waals surface area contributed by atoms with Gasteiger partial charge < -0.3 is 10.1 Å². The van der Waals surface area contributed by atoms with Gasteiger partial charge in [0.15, 0.2) is 0 Å². The molecule has 2 amide bonds. The van der Waals surface area contributed by atoms with Gasteiger partial charge in [-0.3, -0.25) is 14.5 Å². The Morgan fingerprint density at radius 1 is 1.09 bits per heavy atom. The summed E-state index contributed by atoms with van der Waals surface area (Å²) in [6.07, 6.45) is 0.436. The number of nitrogens with zero attached hydrogens (tertiary/aromatic N) is 2. The first-order valence-corrected chi connectivity index (χ1v) is 11.6. The van der Waals surface area contributed by atoms with Gasteiger partial charge in [-0.2, -0.15) is 5.26 Å². The first kappa shape index (κ1) is 23.1. The van der Waals surface area contributed by atoms with Gasteiger partial charge in [0.2, 0.25) is 5.91 Å². The van der Waals surface area contributed by atoms with Crippen LogP contribution in [0.1, 0.15) is 11.1 Å². The summed E-state index contributed by atoms with van der Waals surface area (Å²) in [5.41, 5.74) is 2.94. The molecule has 4 rings (SSSR count). The highest BCUT2D eigenvalue weighted by atomic mass is 32.2. The fourth-order valence-corrected chi connectivity index (χ4v) is 5.05. The second-order valence-corrected chi connectivity index (χ2v) is 8.93. The number of hydrogen-bond donors (Lipinski definition) is 1. The fraction of sp³-hybridized carbons (Fsp3) is 0.148. The van der Waals surface area contributed by atoms with E-state index in [-0.39, 0.29) is 11.5 Å². The maximum absolute atomic E-state index is 13.6. The molecule has 6 nitrogen and oxygen atoms in total. The number of rotatable bonds is 6. The molecule has 1 aliphatic heterocycles. The van der Waals surface area contributed by atoms with Crippen molar-refractivity contribution >= 4 is 35.0 Å². The summed E-state index contributed by atoms with van der Waals surface area (Å²) in [7, 11) is 1.60. The van der Waals surface area contributed by atoms with Crippen molar-refractivity contribution in [1.82, 2.24) is 0 Å². The molecule has 0 radical (unpaired) electrons. The molecule has 0 saturated carbocycles. The molecule has 3 aromatic carbocycles. The highest BCUT2D eigenvalue weighted by Gasteiger charge is 2.41. The van der Waals surface area contributed by atoms with Crippen molar-refractivity contribution in [2.75, 3.05) is 17.3 Å². The standard InChI is InChI=1S/C27H23N3O3S/c1-18-9-6-7-14-23(18)30-26(32)24(16-19-10-8-13-21(15-19)33-2)34-27(30)22(17-28)25(31)29-20-11-4-3-5-12-20/h3-15,24H,16H2,1-2H3,(H,29,31). The van der Waals surface area contributed by atoms with Crippen LogP contribution in [0.4, 0.5) is 11.4 Å². The predicted octanol–water partition coefficient (Wildman–Crippen LogP) is 5.07. The lowest BCUT2D eigenvalue weighted by Gasteiger charge is -2.20. The molecule has 1 heterocycles. The lowest BCUT2D eigenvalue weighted by atomic mass is 10.1. The van der Waals surface area contributed by atoms with Crippen LogP contribution in [0.5, 0.6) is 5.75 Å². The number of anilines is 2. The van der Waals surface area contributed by atoms with Crippen LogP contribution in [0.3, 0.4) is 0 Å². The minimum absolute atomic E-state index is 0.0985. The SMILES string of the molecule is COc1cccc(CC2SC(=C(C#N)C(=O)Nc3ccccc3)N(c3ccccc3C)C2=O)c1. The first-order chi connectivity index (χ1) is 16.5. The third-order valence-corrected chi connectivity index (χ3v) is 6.71. The van der Waals surface area contributed by atoms with Gasteiger partial charge in [0.25, 0.3) is 5.91 Å². The number of thioether (sulfide) groups is 1. The van der Waals surface area contributed by atoms with Crippen LogP contribution in [0.15, 0.2) is 89.5 Å².